The predicted octanol–water partition coefficient (Wildman–Crippen LogP) is 4.24. The van der Waals surface area contributed by atoms with Crippen molar-refractivity contribution in [1.29, 1.82) is 0 Å². The van der Waals surface area contributed by atoms with Gasteiger partial charge in [0.05, 0.1) is 17.6 Å². The molecule has 0 fully saturated rings. The van der Waals surface area contributed by atoms with Crippen LogP contribution < -0.4 is 5.32 Å². The van der Waals surface area contributed by atoms with Gasteiger partial charge in [-0.1, -0.05) is 30.3 Å². The van der Waals surface area contributed by atoms with Crippen LogP contribution in [0.2, 0.25) is 0 Å². The smallest absolute Gasteiger partial charge is 0.376 e. The topological polar surface area (TPSA) is 65.1 Å². The van der Waals surface area contributed by atoms with Crippen LogP contribution in [0.3, 0.4) is 0 Å². The summed E-state index contributed by atoms with van der Waals surface area (Å²) in [4.78, 5) is 14.8. The highest BCUT2D eigenvalue weighted by atomic mass is 19.4. The lowest BCUT2D eigenvalue weighted by Gasteiger charge is -2.36. The summed E-state index contributed by atoms with van der Waals surface area (Å²) in [5.74, 6) is -0.866. The fraction of sp³-hybridized carbons (Fsp3) is 0.211. The van der Waals surface area contributed by atoms with E-state index in [2.05, 4.69) is 10.3 Å². The zero-order valence-electron chi connectivity index (χ0n) is 13.7. The van der Waals surface area contributed by atoms with Crippen molar-refractivity contribution >= 4 is 22.5 Å². The molecule has 7 heteroatoms. The first-order valence-corrected chi connectivity index (χ1v) is 8.02. The van der Waals surface area contributed by atoms with Crippen molar-refractivity contribution in [3.8, 4) is 11.3 Å². The van der Waals surface area contributed by atoms with E-state index in [-0.39, 0.29) is 16.8 Å². The number of hydrogen-bond donors (Lipinski definition) is 3. The molecule has 1 aliphatic heterocycles. The molecular formula is C19H15F3N2O2. The molecule has 1 unspecified atom stereocenters. The van der Waals surface area contributed by atoms with Crippen LogP contribution in [0.4, 0.5) is 18.9 Å². The van der Waals surface area contributed by atoms with Crippen LogP contribution in [0.25, 0.3) is 22.2 Å². The number of aromatic amines is 1. The Labute approximate surface area is 146 Å². The average molecular weight is 360 g/mol. The zero-order valence-corrected chi connectivity index (χ0v) is 13.7. The number of rotatable bonds is 1. The van der Waals surface area contributed by atoms with Crippen LogP contribution in [0.1, 0.15) is 17.5 Å². The lowest BCUT2D eigenvalue weighted by Crippen LogP contribution is -2.48. The Hall–Kier alpha value is -2.80. The van der Waals surface area contributed by atoms with E-state index in [1.165, 1.54) is 0 Å². The van der Waals surface area contributed by atoms with Crippen LogP contribution in [-0.4, -0.2) is 22.2 Å². The number of benzene rings is 2. The molecule has 0 spiro atoms. The number of alkyl halides is 3. The Bertz CT molecular complexity index is 1020. The van der Waals surface area contributed by atoms with Gasteiger partial charge in [0.15, 0.2) is 5.60 Å². The van der Waals surface area contributed by atoms with Crippen molar-refractivity contribution in [2.75, 3.05) is 5.32 Å². The summed E-state index contributed by atoms with van der Waals surface area (Å²) < 4.78 is 41.2. The number of carbonyl (C=O) groups is 1. The van der Waals surface area contributed by atoms with Crippen LogP contribution in [-0.2, 0) is 10.4 Å². The van der Waals surface area contributed by atoms with Gasteiger partial charge >= 0.3 is 6.18 Å². The van der Waals surface area contributed by atoms with Gasteiger partial charge in [0.2, 0.25) is 5.91 Å². The standard InChI is InChI=1S/C19H15F3N2O2/c1-10-7-12-8-13(11-5-3-2-4-6-11)23-17(12)15-16(10)24-14(25)9-18(15,26)19(20,21)22/h2-8,23,26H,9H2,1H3,(H,24,25). The number of fused-ring (bicyclic) bond motifs is 3. The number of amides is 1. The van der Waals surface area contributed by atoms with Crippen LogP contribution >= 0.6 is 0 Å². The molecule has 0 saturated carbocycles. The minimum atomic E-state index is -4.99. The molecule has 134 valence electrons. The number of aliphatic hydroxyl groups is 1. The minimum absolute atomic E-state index is 0.00929. The highest BCUT2D eigenvalue weighted by molar-refractivity contribution is 6.03. The first kappa shape index (κ1) is 16.7. The Morgan fingerprint density at radius 3 is 2.50 bits per heavy atom. The van der Waals surface area contributed by atoms with Gasteiger partial charge in [-0.15, -0.1) is 0 Å². The van der Waals surface area contributed by atoms with Crippen molar-refractivity contribution in [1.82, 2.24) is 4.98 Å². The monoisotopic (exact) mass is 360 g/mol. The molecule has 0 aliphatic carbocycles. The van der Waals surface area contributed by atoms with E-state index in [1.807, 2.05) is 30.3 Å². The molecule has 2 heterocycles. The molecule has 0 saturated heterocycles. The molecule has 1 aliphatic rings. The van der Waals surface area contributed by atoms with Gasteiger partial charge in [-0.05, 0) is 30.2 Å². The second-order valence-electron chi connectivity index (χ2n) is 6.54. The van der Waals surface area contributed by atoms with Gasteiger partial charge in [-0.3, -0.25) is 4.79 Å². The number of anilines is 1. The number of halogens is 3. The first-order chi connectivity index (χ1) is 12.2. The molecule has 1 aromatic heterocycles. The number of hydrogen-bond acceptors (Lipinski definition) is 2. The van der Waals surface area contributed by atoms with Crippen molar-refractivity contribution in [3.05, 3.63) is 53.6 Å². The Balaban J connectivity index is 2.05. The highest BCUT2D eigenvalue weighted by Crippen LogP contribution is 2.50. The third kappa shape index (κ3) is 2.31. The summed E-state index contributed by atoms with van der Waals surface area (Å²) in [7, 11) is 0. The predicted molar refractivity (Wildman–Crippen MR) is 91.7 cm³/mol. The third-order valence-electron chi connectivity index (χ3n) is 4.76. The molecule has 1 atom stereocenters. The summed E-state index contributed by atoms with van der Waals surface area (Å²) in [6.45, 7) is 1.61. The number of nitrogens with one attached hydrogen (secondary N) is 2. The molecule has 0 bridgehead atoms. The van der Waals surface area contributed by atoms with Gasteiger partial charge in [0, 0.05) is 16.6 Å². The van der Waals surface area contributed by atoms with E-state index in [4.69, 9.17) is 0 Å². The van der Waals surface area contributed by atoms with Crippen LogP contribution in [0.5, 0.6) is 0 Å². The second-order valence-corrected chi connectivity index (χ2v) is 6.54. The normalized spacial score (nSPS) is 20.1. The van der Waals surface area contributed by atoms with E-state index in [0.717, 1.165) is 5.56 Å². The number of H-pyrrole nitrogens is 1. The summed E-state index contributed by atoms with van der Waals surface area (Å²) in [5, 5.41) is 13.5. The van der Waals surface area contributed by atoms with Gasteiger partial charge in [-0.25, -0.2) is 0 Å². The van der Waals surface area contributed by atoms with Crippen molar-refractivity contribution in [3.63, 3.8) is 0 Å². The van der Waals surface area contributed by atoms with Crippen LogP contribution in [0.15, 0.2) is 42.5 Å². The maximum Gasteiger partial charge on any atom is 0.422 e. The Morgan fingerprint density at radius 2 is 1.85 bits per heavy atom. The summed E-state index contributed by atoms with van der Waals surface area (Å²) in [6, 6.07) is 12.6. The fourth-order valence-corrected chi connectivity index (χ4v) is 3.51. The molecule has 2 aromatic carbocycles. The maximum atomic E-state index is 13.7. The number of aryl methyl sites for hydroxylation is 1. The zero-order chi connectivity index (χ0) is 18.7. The lowest BCUT2D eigenvalue weighted by molar-refractivity contribution is -0.267. The molecule has 1 amide bonds. The molecule has 3 aromatic rings. The molecule has 26 heavy (non-hydrogen) atoms. The van der Waals surface area contributed by atoms with E-state index in [0.29, 0.717) is 16.6 Å². The number of aromatic nitrogens is 1. The molecular weight excluding hydrogens is 345 g/mol. The van der Waals surface area contributed by atoms with Crippen molar-refractivity contribution < 1.29 is 23.1 Å². The lowest BCUT2D eigenvalue weighted by atomic mass is 9.82. The maximum absolute atomic E-state index is 13.7. The first-order valence-electron chi connectivity index (χ1n) is 8.02. The van der Waals surface area contributed by atoms with Gasteiger partial charge in [0.25, 0.3) is 0 Å². The third-order valence-corrected chi connectivity index (χ3v) is 4.76. The molecule has 0 radical (unpaired) electrons. The highest BCUT2D eigenvalue weighted by Gasteiger charge is 2.59. The summed E-state index contributed by atoms with van der Waals surface area (Å²) in [5.41, 5.74) is -1.49. The SMILES string of the molecule is Cc1cc2cc(-c3ccccc3)[nH]c2c2c1NC(=O)CC2(O)C(F)(F)F. The quantitative estimate of drug-likeness (QED) is 0.608. The van der Waals surface area contributed by atoms with E-state index < -0.39 is 24.1 Å². The molecule has 4 rings (SSSR count). The van der Waals surface area contributed by atoms with Crippen LogP contribution in [0, 0.1) is 6.92 Å². The van der Waals surface area contributed by atoms with E-state index >= 15 is 0 Å². The fourth-order valence-electron chi connectivity index (χ4n) is 3.51. The van der Waals surface area contributed by atoms with Gasteiger partial charge in [0.1, 0.15) is 0 Å². The Morgan fingerprint density at radius 1 is 1.15 bits per heavy atom. The second kappa shape index (κ2) is 5.35. The average Bonchev–Trinajstić information content (AvgIpc) is 2.98. The van der Waals surface area contributed by atoms with E-state index in [1.54, 1.807) is 19.1 Å². The van der Waals surface area contributed by atoms with Crippen molar-refractivity contribution in [2.24, 2.45) is 0 Å². The Kier molecular flexibility index (Phi) is 3.43. The molecule has 3 N–H and O–H groups in total. The number of carbonyl (C=O) groups excluding carboxylic acids is 1. The van der Waals surface area contributed by atoms with E-state index in [9.17, 15) is 23.1 Å². The van der Waals surface area contributed by atoms with Gasteiger partial charge < -0.3 is 15.4 Å². The largest absolute Gasteiger partial charge is 0.422 e. The summed E-state index contributed by atoms with van der Waals surface area (Å²) in [6.07, 6.45) is -6.06. The van der Waals surface area contributed by atoms with Gasteiger partial charge in [-0.2, -0.15) is 13.2 Å². The summed E-state index contributed by atoms with van der Waals surface area (Å²) >= 11 is 0. The minimum Gasteiger partial charge on any atom is -0.376 e. The molecule has 4 nitrogen and oxygen atoms in total. The van der Waals surface area contributed by atoms with Crippen molar-refractivity contribution in [2.45, 2.75) is 25.1 Å².